The molecule has 4 N–H and O–H groups in total. The average molecular weight is 225 g/mol. The Morgan fingerprint density at radius 3 is 2.62 bits per heavy atom. The van der Waals surface area contributed by atoms with Gasteiger partial charge in [0.1, 0.15) is 0 Å². The number of nitrogens with one attached hydrogen (secondary N) is 2. The smallest absolute Gasteiger partial charge is 0.243 e. The Morgan fingerprint density at radius 2 is 2.00 bits per heavy atom. The molecule has 0 aliphatic carbocycles. The van der Waals surface area contributed by atoms with Crippen LogP contribution in [0.5, 0.6) is 0 Å². The molecule has 0 unspecified atom stereocenters. The van der Waals surface area contributed by atoms with Crippen LogP contribution in [-0.2, 0) is 0 Å². The van der Waals surface area contributed by atoms with E-state index in [1.807, 2.05) is 0 Å². The van der Waals surface area contributed by atoms with Crippen LogP contribution in [0.25, 0.3) is 0 Å². The monoisotopic (exact) mass is 225 g/mol. The van der Waals surface area contributed by atoms with Crippen LogP contribution in [0.15, 0.2) is 0 Å². The maximum Gasteiger partial charge on any atom is 0.243 e. The summed E-state index contributed by atoms with van der Waals surface area (Å²) in [4.78, 5) is 3.97. The lowest BCUT2D eigenvalue weighted by Gasteiger charge is -2.04. The summed E-state index contributed by atoms with van der Waals surface area (Å²) < 4.78 is 0. The second-order valence-corrected chi connectivity index (χ2v) is 4.57. The van der Waals surface area contributed by atoms with Gasteiger partial charge in [-0.1, -0.05) is 39.5 Å². The standard InChI is InChI=1S/C11H23N5/c1-9(2)7-5-3-4-6-8-13-11-14-10(12)15-16-11/h9H,3-8H2,1-2H3,(H4,12,13,14,15,16). The third-order valence-electron chi connectivity index (χ3n) is 2.49. The van der Waals surface area contributed by atoms with Gasteiger partial charge in [-0.2, -0.15) is 4.98 Å². The molecule has 1 aromatic heterocycles. The molecule has 0 saturated carbocycles. The van der Waals surface area contributed by atoms with E-state index in [4.69, 9.17) is 5.73 Å². The molecule has 0 fully saturated rings. The summed E-state index contributed by atoms with van der Waals surface area (Å²) in [6.07, 6.45) is 6.41. The molecule has 0 aromatic carbocycles. The van der Waals surface area contributed by atoms with Crippen LogP contribution < -0.4 is 11.1 Å². The lowest BCUT2D eigenvalue weighted by molar-refractivity contribution is 0.523. The van der Waals surface area contributed by atoms with Gasteiger partial charge in [0.2, 0.25) is 11.9 Å². The zero-order valence-electron chi connectivity index (χ0n) is 10.3. The van der Waals surface area contributed by atoms with Crippen molar-refractivity contribution in [3.05, 3.63) is 0 Å². The lowest BCUT2D eigenvalue weighted by atomic mass is 10.0. The van der Waals surface area contributed by atoms with Gasteiger partial charge in [-0.05, 0) is 12.3 Å². The molecule has 5 heteroatoms. The van der Waals surface area contributed by atoms with Crippen molar-refractivity contribution < 1.29 is 0 Å². The Balaban J connectivity index is 1.92. The van der Waals surface area contributed by atoms with Crippen molar-refractivity contribution in [2.45, 2.75) is 46.0 Å². The maximum absolute atomic E-state index is 5.41. The number of hydrogen-bond acceptors (Lipinski definition) is 4. The number of nitrogens with zero attached hydrogens (tertiary/aromatic N) is 2. The number of aromatic amines is 1. The van der Waals surface area contributed by atoms with Gasteiger partial charge < -0.3 is 11.1 Å². The fourth-order valence-electron chi connectivity index (χ4n) is 1.58. The number of anilines is 2. The molecule has 0 bridgehead atoms. The van der Waals surface area contributed by atoms with E-state index in [9.17, 15) is 0 Å². The van der Waals surface area contributed by atoms with Crippen LogP contribution >= 0.6 is 0 Å². The van der Waals surface area contributed by atoms with Crippen molar-refractivity contribution in [1.82, 2.24) is 15.2 Å². The van der Waals surface area contributed by atoms with Crippen LogP contribution in [0.2, 0.25) is 0 Å². The van der Waals surface area contributed by atoms with Gasteiger partial charge >= 0.3 is 0 Å². The number of H-pyrrole nitrogens is 1. The SMILES string of the molecule is CC(C)CCCCCCNc1n[nH]c(N)n1. The van der Waals surface area contributed by atoms with E-state index >= 15 is 0 Å². The number of hydrogen-bond donors (Lipinski definition) is 3. The molecular weight excluding hydrogens is 202 g/mol. The van der Waals surface area contributed by atoms with E-state index in [1.54, 1.807) is 0 Å². The van der Waals surface area contributed by atoms with E-state index < -0.39 is 0 Å². The summed E-state index contributed by atoms with van der Waals surface area (Å²) >= 11 is 0. The number of aromatic nitrogens is 3. The van der Waals surface area contributed by atoms with Crippen LogP contribution in [0.3, 0.4) is 0 Å². The third kappa shape index (κ3) is 5.58. The summed E-state index contributed by atoms with van der Waals surface area (Å²) in [5.41, 5.74) is 5.41. The molecule has 16 heavy (non-hydrogen) atoms. The first-order valence-corrected chi connectivity index (χ1v) is 6.10. The molecule has 0 atom stereocenters. The molecule has 1 heterocycles. The fraction of sp³-hybridized carbons (Fsp3) is 0.818. The number of rotatable bonds is 8. The van der Waals surface area contributed by atoms with Crippen molar-refractivity contribution in [2.24, 2.45) is 5.92 Å². The van der Waals surface area contributed by atoms with Crippen molar-refractivity contribution in [3.63, 3.8) is 0 Å². The Bertz CT molecular complexity index is 282. The molecular formula is C11H23N5. The predicted octanol–water partition coefficient (Wildman–Crippen LogP) is 2.41. The van der Waals surface area contributed by atoms with Gasteiger partial charge in [0.05, 0.1) is 0 Å². The summed E-state index contributed by atoms with van der Waals surface area (Å²) in [5.74, 6) is 1.79. The fourth-order valence-corrected chi connectivity index (χ4v) is 1.58. The van der Waals surface area contributed by atoms with Crippen molar-refractivity contribution in [1.29, 1.82) is 0 Å². The Labute approximate surface area is 97.2 Å². The minimum atomic E-state index is 0.361. The molecule has 0 aliphatic rings. The van der Waals surface area contributed by atoms with Gasteiger partial charge in [-0.15, -0.1) is 5.10 Å². The number of unbranched alkanes of at least 4 members (excludes halogenated alkanes) is 3. The summed E-state index contributed by atoms with van der Waals surface area (Å²) in [5, 5.41) is 9.63. The third-order valence-corrected chi connectivity index (χ3v) is 2.49. The minimum Gasteiger partial charge on any atom is -0.368 e. The van der Waals surface area contributed by atoms with Crippen molar-refractivity contribution >= 4 is 11.9 Å². The Morgan fingerprint density at radius 1 is 1.25 bits per heavy atom. The topological polar surface area (TPSA) is 79.6 Å². The predicted molar refractivity (Wildman–Crippen MR) is 67.2 cm³/mol. The normalized spacial score (nSPS) is 10.9. The first-order valence-electron chi connectivity index (χ1n) is 6.10. The molecule has 0 amide bonds. The van der Waals surface area contributed by atoms with E-state index in [0.717, 1.165) is 18.9 Å². The molecule has 0 radical (unpaired) electrons. The molecule has 5 nitrogen and oxygen atoms in total. The number of nitrogen functional groups attached to an aromatic ring is 1. The highest BCUT2D eigenvalue weighted by molar-refractivity contribution is 5.29. The summed E-state index contributed by atoms with van der Waals surface area (Å²) in [6, 6.07) is 0. The maximum atomic E-state index is 5.41. The van der Waals surface area contributed by atoms with E-state index in [0.29, 0.717) is 11.9 Å². The van der Waals surface area contributed by atoms with Crippen LogP contribution in [-0.4, -0.2) is 21.7 Å². The number of nitrogens with two attached hydrogens (primary N) is 1. The zero-order valence-corrected chi connectivity index (χ0v) is 10.3. The summed E-state index contributed by atoms with van der Waals surface area (Å²) in [6.45, 7) is 5.46. The highest BCUT2D eigenvalue weighted by Crippen LogP contribution is 2.09. The average Bonchev–Trinajstić information content (AvgIpc) is 2.62. The lowest BCUT2D eigenvalue weighted by Crippen LogP contribution is -2.03. The van der Waals surface area contributed by atoms with Gasteiger partial charge in [0.15, 0.2) is 0 Å². The van der Waals surface area contributed by atoms with E-state index in [-0.39, 0.29) is 0 Å². The Hall–Kier alpha value is -1.26. The zero-order chi connectivity index (χ0) is 11.8. The molecule has 92 valence electrons. The van der Waals surface area contributed by atoms with E-state index in [2.05, 4.69) is 34.3 Å². The molecule has 0 aliphatic heterocycles. The van der Waals surface area contributed by atoms with Gasteiger partial charge in [-0.25, -0.2) is 5.10 Å². The molecule has 1 rings (SSSR count). The van der Waals surface area contributed by atoms with Gasteiger partial charge in [-0.3, -0.25) is 0 Å². The molecule has 0 saturated heterocycles. The van der Waals surface area contributed by atoms with Crippen molar-refractivity contribution in [3.8, 4) is 0 Å². The molecule has 1 aromatic rings. The highest BCUT2D eigenvalue weighted by atomic mass is 15.3. The van der Waals surface area contributed by atoms with Crippen LogP contribution in [0, 0.1) is 5.92 Å². The Kier molecular flexibility index (Phi) is 5.67. The molecule has 0 spiro atoms. The van der Waals surface area contributed by atoms with Crippen LogP contribution in [0.1, 0.15) is 46.0 Å². The van der Waals surface area contributed by atoms with E-state index in [1.165, 1.54) is 25.7 Å². The van der Waals surface area contributed by atoms with Gasteiger partial charge in [0.25, 0.3) is 0 Å². The van der Waals surface area contributed by atoms with Gasteiger partial charge in [0, 0.05) is 6.54 Å². The first kappa shape index (κ1) is 12.8. The largest absolute Gasteiger partial charge is 0.368 e. The second-order valence-electron chi connectivity index (χ2n) is 4.57. The second kappa shape index (κ2) is 7.09. The quantitative estimate of drug-likeness (QED) is 0.593. The van der Waals surface area contributed by atoms with Crippen LogP contribution in [0.4, 0.5) is 11.9 Å². The minimum absolute atomic E-state index is 0.361. The highest BCUT2D eigenvalue weighted by Gasteiger charge is 1.98. The summed E-state index contributed by atoms with van der Waals surface area (Å²) in [7, 11) is 0. The van der Waals surface area contributed by atoms with Crippen molar-refractivity contribution in [2.75, 3.05) is 17.6 Å². The first-order chi connectivity index (χ1) is 7.68.